The van der Waals surface area contributed by atoms with Crippen LogP contribution in [0.3, 0.4) is 0 Å². The molecule has 24 heavy (non-hydrogen) atoms. The normalized spacial score (nSPS) is 18.5. The Bertz CT molecular complexity index is 635. The van der Waals surface area contributed by atoms with Crippen LogP contribution in [0.5, 0.6) is 0 Å². The summed E-state index contributed by atoms with van der Waals surface area (Å²) in [4.78, 5) is 12.4. The first-order valence-electron chi connectivity index (χ1n) is 8.57. The van der Waals surface area contributed by atoms with E-state index in [-0.39, 0.29) is 22.3 Å². The fourth-order valence-electron chi connectivity index (χ4n) is 2.71. The Morgan fingerprint density at radius 3 is 2.42 bits per heavy atom. The Labute approximate surface area is 155 Å². The van der Waals surface area contributed by atoms with Crippen molar-refractivity contribution in [1.29, 1.82) is 0 Å². The van der Waals surface area contributed by atoms with Gasteiger partial charge in [-0.25, -0.2) is 0 Å². The van der Waals surface area contributed by atoms with Gasteiger partial charge in [0.1, 0.15) is 0 Å². The number of carbonyl (C=O) groups is 1. The van der Waals surface area contributed by atoms with Crippen LogP contribution in [0.15, 0.2) is 22.7 Å². The third-order valence-electron chi connectivity index (χ3n) is 5.35. The van der Waals surface area contributed by atoms with Gasteiger partial charge in [0.15, 0.2) is 8.32 Å². The Kier molecular flexibility index (Phi) is 5.39. The van der Waals surface area contributed by atoms with Crippen LogP contribution in [0.1, 0.15) is 52.5 Å². The Balaban J connectivity index is 2.09. The van der Waals surface area contributed by atoms with Crippen LogP contribution in [0.2, 0.25) is 18.1 Å². The summed E-state index contributed by atoms with van der Waals surface area (Å²) in [6.45, 7) is 16.4. The standard InChI is InChI=1S/C19H30BrNO2Si/c1-18(2,3)24(6,7)23-12-19(4,5)11-15-14-9-8-13(20)10-16(14)21-17(15)22/h8-10,15H,11-12H2,1-7H3,(H,21,22). The molecule has 1 unspecified atom stereocenters. The number of hydrogen-bond acceptors (Lipinski definition) is 2. The molecule has 1 atom stereocenters. The molecular weight excluding hydrogens is 382 g/mol. The van der Waals surface area contributed by atoms with E-state index in [4.69, 9.17) is 4.43 Å². The summed E-state index contributed by atoms with van der Waals surface area (Å²) in [5, 5.41) is 3.21. The van der Waals surface area contributed by atoms with E-state index in [1.165, 1.54) is 0 Å². The lowest BCUT2D eigenvalue weighted by Crippen LogP contribution is -2.43. The second-order valence-corrected chi connectivity index (χ2v) is 14.9. The van der Waals surface area contributed by atoms with E-state index < -0.39 is 8.32 Å². The molecule has 3 nitrogen and oxygen atoms in total. The first kappa shape index (κ1) is 19.7. The summed E-state index contributed by atoms with van der Waals surface area (Å²) in [6, 6.07) is 6.03. The zero-order chi connectivity index (χ0) is 18.3. The minimum absolute atomic E-state index is 0.0494. The number of halogens is 1. The average Bonchev–Trinajstić information content (AvgIpc) is 2.70. The van der Waals surface area contributed by atoms with Crippen molar-refractivity contribution in [2.24, 2.45) is 5.41 Å². The van der Waals surface area contributed by atoms with Crippen LogP contribution < -0.4 is 5.32 Å². The zero-order valence-corrected chi connectivity index (χ0v) is 18.5. The van der Waals surface area contributed by atoms with Crippen molar-refractivity contribution in [1.82, 2.24) is 0 Å². The maximum absolute atomic E-state index is 12.4. The Hall–Kier alpha value is -0.653. The molecule has 1 heterocycles. The number of amides is 1. The monoisotopic (exact) mass is 411 g/mol. The topological polar surface area (TPSA) is 38.3 Å². The van der Waals surface area contributed by atoms with Crippen molar-refractivity contribution in [2.75, 3.05) is 11.9 Å². The van der Waals surface area contributed by atoms with Gasteiger partial charge in [0, 0.05) is 16.8 Å². The van der Waals surface area contributed by atoms with E-state index >= 15 is 0 Å². The molecule has 1 amide bonds. The van der Waals surface area contributed by atoms with Crippen LogP contribution in [-0.2, 0) is 9.22 Å². The average molecular weight is 412 g/mol. The lowest BCUT2D eigenvalue weighted by molar-refractivity contribution is -0.117. The molecule has 1 aromatic rings. The fourth-order valence-corrected chi connectivity index (χ4v) is 4.25. The molecule has 0 saturated carbocycles. The summed E-state index contributed by atoms with van der Waals surface area (Å²) in [6.07, 6.45) is 0.794. The maximum Gasteiger partial charge on any atom is 0.232 e. The molecule has 1 aliphatic heterocycles. The third kappa shape index (κ3) is 4.30. The first-order valence-corrected chi connectivity index (χ1v) is 12.3. The van der Waals surface area contributed by atoms with E-state index in [1.807, 2.05) is 18.2 Å². The molecule has 0 spiro atoms. The van der Waals surface area contributed by atoms with Crippen molar-refractivity contribution in [3.8, 4) is 0 Å². The van der Waals surface area contributed by atoms with Gasteiger partial charge in [0.25, 0.3) is 0 Å². The smallest absolute Gasteiger partial charge is 0.232 e. The molecule has 0 fully saturated rings. The lowest BCUT2D eigenvalue weighted by atomic mass is 9.81. The van der Waals surface area contributed by atoms with Crippen LogP contribution in [0.4, 0.5) is 5.69 Å². The number of hydrogen-bond donors (Lipinski definition) is 1. The highest BCUT2D eigenvalue weighted by Crippen LogP contribution is 2.43. The summed E-state index contributed by atoms with van der Waals surface area (Å²) in [5.41, 5.74) is 1.98. The van der Waals surface area contributed by atoms with E-state index in [9.17, 15) is 4.79 Å². The molecule has 0 saturated heterocycles. The van der Waals surface area contributed by atoms with Gasteiger partial charge in [0.2, 0.25) is 5.91 Å². The molecule has 0 bridgehead atoms. The van der Waals surface area contributed by atoms with Crippen LogP contribution in [-0.4, -0.2) is 20.8 Å². The highest BCUT2D eigenvalue weighted by atomic mass is 79.9. The van der Waals surface area contributed by atoms with Gasteiger partial charge in [-0.2, -0.15) is 0 Å². The predicted molar refractivity (Wildman–Crippen MR) is 107 cm³/mol. The molecule has 0 radical (unpaired) electrons. The number of benzene rings is 1. The number of fused-ring (bicyclic) bond motifs is 1. The van der Waals surface area contributed by atoms with Gasteiger partial charge < -0.3 is 9.74 Å². The second-order valence-electron chi connectivity index (χ2n) is 9.19. The summed E-state index contributed by atoms with van der Waals surface area (Å²) in [7, 11) is -1.77. The van der Waals surface area contributed by atoms with Gasteiger partial charge in [-0.3, -0.25) is 4.79 Å². The van der Waals surface area contributed by atoms with Gasteiger partial charge in [-0.1, -0.05) is 56.6 Å². The van der Waals surface area contributed by atoms with E-state index in [1.54, 1.807) is 0 Å². The molecule has 0 aliphatic carbocycles. The van der Waals surface area contributed by atoms with Crippen molar-refractivity contribution in [3.05, 3.63) is 28.2 Å². The number of carbonyl (C=O) groups excluding carboxylic acids is 1. The zero-order valence-electron chi connectivity index (χ0n) is 15.9. The Morgan fingerprint density at radius 1 is 1.21 bits per heavy atom. The lowest BCUT2D eigenvalue weighted by Gasteiger charge is -2.39. The van der Waals surface area contributed by atoms with Crippen LogP contribution in [0.25, 0.3) is 0 Å². The van der Waals surface area contributed by atoms with Crippen molar-refractivity contribution >= 4 is 35.8 Å². The third-order valence-corrected chi connectivity index (χ3v) is 10.3. The minimum atomic E-state index is -1.77. The molecule has 1 aliphatic rings. The molecule has 5 heteroatoms. The van der Waals surface area contributed by atoms with Crippen molar-refractivity contribution in [2.45, 2.75) is 65.1 Å². The van der Waals surface area contributed by atoms with Crippen LogP contribution in [0, 0.1) is 5.41 Å². The second kappa shape index (κ2) is 6.58. The quantitative estimate of drug-likeness (QED) is 0.610. The van der Waals surface area contributed by atoms with E-state index in [0.717, 1.165) is 22.1 Å². The van der Waals surface area contributed by atoms with E-state index in [0.29, 0.717) is 6.61 Å². The van der Waals surface area contributed by atoms with E-state index in [2.05, 4.69) is 69.0 Å². The number of rotatable bonds is 5. The Morgan fingerprint density at radius 2 is 1.83 bits per heavy atom. The fraction of sp³-hybridized carbons (Fsp3) is 0.632. The van der Waals surface area contributed by atoms with Crippen LogP contribution >= 0.6 is 15.9 Å². The minimum Gasteiger partial charge on any atom is -0.416 e. The van der Waals surface area contributed by atoms with Gasteiger partial charge >= 0.3 is 0 Å². The van der Waals surface area contributed by atoms with Crippen molar-refractivity contribution in [3.63, 3.8) is 0 Å². The highest BCUT2D eigenvalue weighted by Gasteiger charge is 2.40. The molecular formula is C19H30BrNO2Si. The molecule has 2 rings (SSSR count). The van der Waals surface area contributed by atoms with Crippen molar-refractivity contribution < 1.29 is 9.22 Å². The van der Waals surface area contributed by atoms with Gasteiger partial charge in [-0.15, -0.1) is 0 Å². The number of nitrogens with one attached hydrogen (secondary N) is 1. The SMILES string of the molecule is CC(C)(CO[Si](C)(C)C(C)(C)C)CC1C(=O)Nc2cc(Br)ccc21. The highest BCUT2D eigenvalue weighted by molar-refractivity contribution is 9.10. The van der Waals surface area contributed by atoms with Gasteiger partial charge in [0.05, 0.1) is 5.92 Å². The molecule has 1 aromatic carbocycles. The van der Waals surface area contributed by atoms with Gasteiger partial charge in [-0.05, 0) is 47.7 Å². The number of anilines is 1. The maximum atomic E-state index is 12.4. The predicted octanol–water partition coefficient (Wildman–Crippen LogP) is 5.92. The first-order chi connectivity index (χ1) is 10.8. The summed E-state index contributed by atoms with van der Waals surface area (Å²) in [5.74, 6) is 0.00890. The summed E-state index contributed by atoms with van der Waals surface area (Å²) >= 11 is 3.46. The summed E-state index contributed by atoms with van der Waals surface area (Å²) < 4.78 is 7.40. The molecule has 134 valence electrons. The largest absolute Gasteiger partial charge is 0.416 e. The molecule has 1 N–H and O–H groups in total. The molecule has 0 aromatic heterocycles.